The third-order valence-corrected chi connectivity index (χ3v) is 2.56. The van der Waals surface area contributed by atoms with Crippen LogP contribution in [0.1, 0.15) is 29.8 Å². The lowest BCUT2D eigenvalue weighted by Gasteiger charge is -2.23. The molecule has 0 saturated heterocycles. The van der Waals surface area contributed by atoms with E-state index in [2.05, 4.69) is 10.6 Å². The van der Waals surface area contributed by atoms with Gasteiger partial charge in [-0.3, -0.25) is 9.59 Å². The molecule has 0 radical (unpaired) electrons. The molecule has 2 amide bonds. The highest BCUT2D eigenvalue weighted by Crippen LogP contribution is 2.03. The molecule has 3 N–H and O–H groups in total. The van der Waals surface area contributed by atoms with E-state index in [1.54, 1.807) is 32.0 Å². The van der Waals surface area contributed by atoms with Gasteiger partial charge in [-0.2, -0.15) is 0 Å². The summed E-state index contributed by atoms with van der Waals surface area (Å²) >= 11 is 0. The number of carbonyl (C=O) groups is 2. The highest BCUT2D eigenvalue weighted by atomic mass is 16.3. The number of aliphatic hydroxyl groups excluding tert-OH is 1. The Hall–Kier alpha value is -1.88. The second-order valence-corrected chi connectivity index (χ2v) is 5.14. The Morgan fingerprint density at radius 2 is 2.00 bits per heavy atom. The molecule has 0 bridgehead atoms. The molecule has 0 aliphatic heterocycles. The maximum atomic E-state index is 11.8. The monoisotopic (exact) mass is 264 g/mol. The lowest BCUT2D eigenvalue weighted by atomic mass is 10.1. The molecule has 0 aromatic heterocycles. The van der Waals surface area contributed by atoms with Gasteiger partial charge in [-0.15, -0.1) is 0 Å². The van der Waals surface area contributed by atoms with Crippen LogP contribution in [0.25, 0.3) is 0 Å². The van der Waals surface area contributed by atoms with E-state index in [0.717, 1.165) is 5.56 Å². The molecule has 1 aromatic carbocycles. The summed E-state index contributed by atoms with van der Waals surface area (Å²) in [4.78, 5) is 23.4. The molecule has 1 aromatic rings. The van der Waals surface area contributed by atoms with Gasteiger partial charge in [0, 0.05) is 5.56 Å². The number of aliphatic hydroxyl groups is 1. The van der Waals surface area contributed by atoms with E-state index in [4.69, 9.17) is 5.11 Å². The average Bonchev–Trinajstić information content (AvgIpc) is 2.35. The minimum Gasteiger partial charge on any atom is -0.394 e. The van der Waals surface area contributed by atoms with E-state index in [9.17, 15) is 9.59 Å². The molecular formula is C14H20N2O3. The SMILES string of the molecule is Cc1cccc(C(=O)NCC(=O)NC(C)(C)CO)c1. The minimum absolute atomic E-state index is 0.115. The normalized spacial score (nSPS) is 10.9. The molecule has 19 heavy (non-hydrogen) atoms. The zero-order valence-corrected chi connectivity index (χ0v) is 11.5. The van der Waals surface area contributed by atoms with Crippen molar-refractivity contribution in [3.05, 3.63) is 35.4 Å². The molecule has 0 unspecified atom stereocenters. The van der Waals surface area contributed by atoms with Gasteiger partial charge in [0.05, 0.1) is 18.7 Å². The molecule has 0 saturated carbocycles. The number of hydrogen-bond acceptors (Lipinski definition) is 3. The van der Waals surface area contributed by atoms with Crippen LogP contribution < -0.4 is 10.6 Å². The zero-order valence-electron chi connectivity index (χ0n) is 11.5. The second-order valence-electron chi connectivity index (χ2n) is 5.14. The number of carbonyl (C=O) groups excluding carboxylic acids is 2. The predicted octanol–water partition coefficient (Wildman–Crippen LogP) is 0.612. The Morgan fingerprint density at radius 1 is 1.32 bits per heavy atom. The number of benzene rings is 1. The van der Waals surface area contributed by atoms with Crippen LogP contribution in [-0.4, -0.2) is 35.6 Å². The Morgan fingerprint density at radius 3 is 2.58 bits per heavy atom. The Bertz CT molecular complexity index is 470. The van der Waals surface area contributed by atoms with Gasteiger partial charge in [0.25, 0.3) is 5.91 Å². The first-order valence-corrected chi connectivity index (χ1v) is 6.11. The highest BCUT2D eigenvalue weighted by Gasteiger charge is 2.19. The molecule has 104 valence electrons. The Balaban J connectivity index is 2.49. The lowest BCUT2D eigenvalue weighted by Crippen LogP contribution is -2.49. The largest absolute Gasteiger partial charge is 0.394 e. The Labute approximate surface area is 113 Å². The quantitative estimate of drug-likeness (QED) is 0.729. The van der Waals surface area contributed by atoms with Crippen molar-refractivity contribution in [2.45, 2.75) is 26.3 Å². The van der Waals surface area contributed by atoms with Crippen LogP contribution in [0.2, 0.25) is 0 Å². The number of nitrogens with one attached hydrogen (secondary N) is 2. The molecule has 0 heterocycles. The summed E-state index contributed by atoms with van der Waals surface area (Å²) in [6.07, 6.45) is 0. The van der Waals surface area contributed by atoms with E-state index < -0.39 is 5.54 Å². The van der Waals surface area contributed by atoms with Gasteiger partial charge in [0.15, 0.2) is 0 Å². The maximum Gasteiger partial charge on any atom is 0.251 e. The van der Waals surface area contributed by atoms with Crippen molar-refractivity contribution in [3.8, 4) is 0 Å². The zero-order chi connectivity index (χ0) is 14.5. The standard InChI is InChI=1S/C14H20N2O3/c1-10-5-4-6-11(7-10)13(19)15-8-12(18)16-14(2,3)9-17/h4-7,17H,8-9H2,1-3H3,(H,15,19)(H,16,18). The fourth-order valence-corrected chi connectivity index (χ4v) is 1.51. The summed E-state index contributed by atoms with van der Waals surface area (Å²) in [5.41, 5.74) is 0.818. The molecule has 0 fully saturated rings. The van der Waals surface area contributed by atoms with Crippen molar-refractivity contribution >= 4 is 11.8 Å². The second kappa shape index (κ2) is 6.33. The van der Waals surface area contributed by atoms with Crippen LogP contribution in [0.15, 0.2) is 24.3 Å². The molecule has 0 spiro atoms. The predicted molar refractivity (Wildman–Crippen MR) is 72.8 cm³/mol. The van der Waals surface area contributed by atoms with Crippen molar-refractivity contribution in [2.24, 2.45) is 0 Å². The van der Waals surface area contributed by atoms with Gasteiger partial charge in [-0.1, -0.05) is 17.7 Å². The number of amides is 2. The maximum absolute atomic E-state index is 11.8. The van der Waals surface area contributed by atoms with Gasteiger partial charge in [-0.05, 0) is 32.9 Å². The van der Waals surface area contributed by atoms with Crippen molar-refractivity contribution in [2.75, 3.05) is 13.2 Å². The highest BCUT2D eigenvalue weighted by molar-refractivity contribution is 5.96. The molecule has 1 rings (SSSR count). The fourth-order valence-electron chi connectivity index (χ4n) is 1.51. The van der Waals surface area contributed by atoms with Crippen molar-refractivity contribution < 1.29 is 14.7 Å². The molecule has 0 aliphatic rings. The van der Waals surface area contributed by atoms with Gasteiger partial charge in [0.2, 0.25) is 5.91 Å². The van der Waals surface area contributed by atoms with E-state index in [0.29, 0.717) is 5.56 Å². The third kappa shape index (κ3) is 5.09. The molecule has 0 atom stereocenters. The summed E-state index contributed by atoms with van der Waals surface area (Å²) < 4.78 is 0. The summed E-state index contributed by atoms with van der Waals surface area (Å²) in [6.45, 7) is 5.02. The van der Waals surface area contributed by atoms with Gasteiger partial charge in [0.1, 0.15) is 0 Å². The fraction of sp³-hybridized carbons (Fsp3) is 0.429. The van der Waals surface area contributed by atoms with Crippen molar-refractivity contribution in [1.82, 2.24) is 10.6 Å². The van der Waals surface area contributed by atoms with Crippen LogP contribution in [0, 0.1) is 6.92 Å². The van der Waals surface area contributed by atoms with Gasteiger partial charge < -0.3 is 15.7 Å². The van der Waals surface area contributed by atoms with E-state index in [-0.39, 0.29) is 25.0 Å². The van der Waals surface area contributed by atoms with Gasteiger partial charge >= 0.3 is 0 Å². The van der Waals surface area contributed by atoms with Crippen LogP contribution in [0.4, 0.5) is 0 Å². The number of aryl methyl sites for hydroxylation is 1. The van der Waals surface area contributed by atoms with E-state index in [1.165, 1.54) is 0 Å². The molecule has 5 nitrogen and oxygen atoms in total. The first-order valence-electron chi connectivity index (χ1n) is 6.11. The minimum atomic E-state index is -0.689. The van der Waals surface area contributed by atoms with Gasteiger partial charge in [-0.25, -0.2) is 0 Å². The van der Waals surface area contributed by atoms with Crippen molar-refractivity contribution in [3.63, 3.8) is 0 Å². The number of hydrogen-bond donors (Lipinski definition) is 3. The molecule has 0 aliphatic carbocycles. The average molecular weight is 264 g/mol. The summed E-state index contributed by atoms with van der Waals surface area (Å²) in [5.74, 6) is -0.624. The topological polar surface area (TPSA) is 78.4 Å². The van der Waals surface area contributed by atoms with Crippen molar-refractivity contribution in [1.29, 1.82) is 0 Å². The molecular weight excluding hydrogens is 244 g/mol. The first kappa shape index (κ1) is 15.2. The molecule has 5 heteroatoms. The van der Waals surface area contributed by atoms with E-state index >= 15 is 0 Å². The van der Waals surface area contributed by atoms with Crippen LogP contribution in [0.3, 0.4) is 0 Å². The summed E-state index contributed by atoms with van der Waals surface area (Å²) in [6, 6.07) is 7.13. The summed E-state index contributed by atoms with van der Waals surface area (Å²) in [5, 5.41) is 14.2. The Kier molecular flexibility index (Phi) is 5.06. The summed E-state index contributed by atoms with van der Waals surface area (Å²) in [7, 11) is 0. The lowest BCUT2D eigenvalue weighted by molar-refractivity contribution is -0.122. The smallest absolute Gasteiger partial charge is 0.251 e. The van der Waals surface area contributed by atoms with E-state index in [1.807, 2.05) is 13.0 Å². The number of rotatable bonds is 5. The third-order valence-electron chi connectivity index (χ3n) is 2.56. The first-order chi connectivity index (χ1) is 8.84. The van der Waals surface area contributed by atoms with Crippen LogP contribution in [-0.2, 0) is 4.79 Å². The van der Waals surface area contributed by atoms with Crippen LogP contribution >= 0.6 is 0 Å². The van der Waals surface area contributed by atoms with Crippen LogP contribution in [0.5, 0.6) is 0 Å².